The Hall–Kier alpha value is -3.55. The van der Waals surface area contributed by atoms with Crippen LogP contribution in [0.4, 0.5) is 4.79 Å². The molecule has 1 aliphatic carbocycles. The third kappa shape index (κ3) is 3.97. The highest BCUT2D eigenvalue weighted by atomic mass is 16.6. The average Bonchev–Trinajstić information content (AvgIpc) is 3.07. The Balaban J connectivity index is 1.27. The molecule has 2 N–H and O–H groups in total. The third-order valence-electron chi connectivity index (χ3n) is 6.95. The summed E-state index contributed by atoms with van der Waals surface area (Å²) in [5.41, 5.74) is 3.02. The van der Waals surface area contributed by atoms with Crippen molar-refractivity contribution in [3.63, 3.8) is 0 Å². The van der Waals surface area contributed by atoms with Crippen molar-refractivity contribution >= 4 is 17.8 Å². The molecule has 0 aromatic heterocycles. The number of hydrogen-bond donors (Lipinski definition) is 2. The van der Waals surface area contributed by atoms with Crippen LogP contribution in [0.2, 0.25) is 0 Å². The summed E-state index contributed by atoms with van der Waals surface area (Å²) in [7, 11) is 0. The van der Waals surface area contributed by atoms with E-state index in [1.807, 2.05) is 13.0 Å². The van der Waals surface area contributed by atoms with Crippen molar-refractivity contribution in [1.29, 1.82) is 0 Å². The number of urea groups is 1. The summed E-state index contributed by atoms with van der Waals surface area (Å²) in [6.45, 7) is 4.08. The molecule has 2 aliphatic heterocycles. The topological polar surface area (TPSA) is 97.0 Å². The molecule has 0 radical (unpaired) electrons. The maximum Gasteiger partial charge on any atom is 0.325 e. The monoisotopic (exact) mass is 463 g/mol. The lowest BCUT2D eigenvalue weighted by Gasteiger charge is -2.25. The van der Waals surface area contributed by atoms with Crippen molar-refractivity contribution in [2.24, 2.45) is 0 Å². The lowest BCUT2D eigenvalue weighted by atomic mass is 9.89. The standard InChI is InChI=1S/C26H29N3O5/c1-16(18-8-7-17-5-3-4-6-19(17)13-18)27-23(30)15-29-24(31)26(2,28-25(29)32)20-9-10-21-22(14-20)34-12-11-33-21/h7-10,13-14,16H,3-6,11-12,15H2,1-2H3,(H,27,30)(H,28,32)/t16-,26-/m0/s1. The van der Waals surface area contributed by atoms with E-state index in [0.29, 0.717) is 30.3 Å². The lowest BCUT2D eigenvalue weighted by Crippen LogP contribution is -2.43. The summed E-state index contributed by atoms with van der Waals surface area (Å²) in [5, 5.41) is 5.67. The zero-order valence-corrected chi connectivity index (χ0v) is 19.5. The molecule has 5 rings (SSSR count). The highest BCUT2D eigenvalue weighted by molar-refractivity contribution is 6.09. The minimum Gasteiger partial charge on any atom is -0.486 e. The van der Waals surface area contributed by atoms with Gasteiger partial charge in [-0.1, -0.05) is 24.3 Å². The van der Waals surface area contributed by atoms with Gasteiger partial charge < -0.3 is 20.1 Å². The molecule has 1 saturated heterocycles. The Morgan fingerprint density at radius 1 is 1.06 bits per heavy atom. The number of nitrogens with zero attached hydrogens (tertiary/aromatic N) is 1. The molecule has 2 heterocycles. The van der Waals surface area contributed by atoms with Gasteiger partial charge in [-0.15, -0.1) is 0 Å². The number of rotatable bonds is 5. The maximum atomic E-state index is 13.2. The zero-order chi connectivity index (χ0) is 23.9. The molecule has 34 heavy (non-hydrogen) atoms. The van der Waals surface area contributed by atoms with E-state index in [4.69, 9.17) is 9.47 Å². The Morgan fingerprint density at radius 2 is 1.79 bits per heavy atom. The summed E-state index contributed by atoms with van der Waals surface area (Å²) in [6.07, 6.45) is 4.57. The fraction of sp³-hybridized carbons (Fsp3) is 0.423. The van der Waals surface area contributed by atoms with Crippen LogP contribution in [0.25, 0.3) is 0 Å². The molecule has 0 spiro atoms. The Kier molecular flexibility index (Phi) is 5.67. The van der Waals surface area contributed by atoms with Gasteiger partial charge in [-0.25, -0.2) is 4.79 Å². The summed E-state index contributed by atoms with van der Waals surface area (Å²) in [4.78, 5) is 39.7. The van der Waals surface area contributed by atoms with E-state index in [1.54, 1.807) is 25.1 Å². The van der Waals surface area contributed by atoms with E-state index >= 15 is 0 Å². The number of imide groups is 1. The number of benzene rings is 2. The molecule has 178 valence electrons. The number of carbonyl (C=O) groups excluding carboxylic acids is 3. The molecule has 2 aromatic carbocycles. The summed E-state index contributed by atoms with van der Waals surface area (Å²) in [5.74, 6) is 0.260. The second-order valence-electron chi connectivity index (χ2n) is 9.33. The first-order chi connectivity index (χ1) is 16.3. The Morgan fingerprint density at radius 3 is 2.59 bits per heavy atom. The highest BCUT2D eigenvalue weighted by Crippen LogP contribution is 2.36. The molecule has 2 atom stereocenters. The molecular formula is C26H29N3O5. The molecule has 8 heteroatoms. The summed E-state index contributed by atoms with van der Waals surface area (Å²) in [6, 6.07) is 10.7. The predicted molar refractivity (Wildman–Crippen MR) is 125 cm³/mol. The average molecular weight is 464 g/mol. The number of nitrogens with one attached hydrogen (secondary N) is 2. The van der Waals surface area contributed by atoms with Crippen LogP contribution in [0.1, 0.15) is 55.0 Å². The van der Waals surface area contributed by atoms with Crippen LogP contribution in [-0.2, 0) is 28.0 Å². The smallest absolute Gasteiger partial charge is 0.325 e. The van der Waals surface area contributed by atoms with E-state index in [-0.39, 0.29) is 18.5 Å². The predicted octanol–water partition coefficient (Wildman–Crippen LogP) is 2.98. The van der Waals surface area contributed by atoms with Crippen molar-refractivity contribution in [2.75, 3.05) is 19.8 Å². The molecule has 8 nitrogen and oxygen atoms in total. The van der Waals surface area contributed by atoms with E-state index in [1.165, 1.54) is 24.0 Å². The highest BCUT2D eigenvalue weighted by Gasteiger charge is 2.49. The number of fused-ring (bicyclic) bond motifs is 2. The van der Waals surface area contributed by atoms with Gasteiger partial charge in [0.05, 0.1) is 6.04 Å². The number of hydrogen-bond acceptors (Lipinski definition) is 5. The first kappa shape index (κ1) is 22.3. The van der Waals surface area contributed by atoms with Gasteiger partial charge in [-0.3, -0.25) is 14.5 Å². The van der Waals surface area contributed by atoms with E-state index in [2.05, 4.69) is 22.8 Å². The SMILES string of the molecule is C[C@H](NC(=O)CN1C(=O)N[C@@](C)(c2ccc3c(c2)OCCO3)C1=O)c1ccc2c(c1)CCCC2. The van der Waals surface area contributed by atoms with Gasteiger partial charge in [0, 0.05) is 0 Å². The quantitative estimate of drug-likeness (QED) is 0.665. The fourth-order valence-corrected chi connectivity index (χ4v) is 4.93. The molecule has 0 unspecified atom stereocenters. The van der Waals surface area contributed by atoms with E-state index in [9.17, 15) is 14.4 Å². The van der Waals surface area contributed by atoms with Crippen LogP contribution in [0, 0.1) is 0 Å². The number of amides is 4. The number of aryl methyl sites for hydroxylation is 2. The van der Waals surface area contributed by atoms with Gasteiger partial charge in [0.2, 0.25) is 5.91 Å². The molecule has 0 bridgehead atoms. The minimum absolute atomic E-state index is 0.232. The molecule has 1 fully saturated rings. The van der Waals surface area contributed by atoms with Crippen molar-refractivity contribution in [1.82, 2.24) is 15.5 Å². The van der Waals surface area contributed by atoms with Crippen LogP contribution in [0.3, 0.4) is 0 Å². The third-order valence-corrected chi connectivity index (χ3v) is 6.95. The van der Waals surface area contributed by atoms with Crippen molar-refractivity contribution in [3.05, 3.63) is 58.7 Å². The maximum absolute atomic E-state index is 13.2. The second kappa shape index (κ2) is 8.66. The van der Waals surface area contributed by atoms with Crippen molar-refractivity contribution in [3.8, 4) is 11.5 Å². The van der Waals surface area contributed by atoms with Gasteiger partial charge in [0.15, 0.2) is 11.5 Å². The first-order valence-electron chi connectivity index (χ1n) is 11.8. The largest absolute Gasteiger partial charge is 0.486 e. The lowest BCUT2D eigenvalue weighted by molar-refractivity contribution is -0.135. The van der Waals surface area contributed by atoms with Gasteiger partial charge in [0.25, 0.3) is 5.91 Å². The van der Waals surface area contributed by atoms with Crippen LogP contribution in [0.15, 0.2) is 36.4 Å². The first-order valence-corrected chi connectivity index (χ1v) is 11.8. The van der Waals surface area contributed by atoms with Crippen LogP contribution >= 0.6 is 0 Å². The van der Waals surface area contributed by atoms with Gasteiger partial charge in [-0.05, 0) is 73.9 Å². The minimum atomic E-state index is -1.29. The zero-order valence-electron chi connectivity index (χ0n) is 19.5. The van der Waals surface area contributed by atoms with E-state index in [0.717, 1.165) is 23.3 Å². The molecule has 4 amide bonds. The Labute approximate surface area is 198 Å². The molecule has 0 saturated carbocycles. The molecule has 2 aromatic rings. The van der Waals surface area contributed by atoms with Gasteiger partial charge in [-0.2, -0.15) is 0 Å². The normalized spacial score (nSPS) is 22.1. The van der Waals surface area contributed by atoms with Crippen LogP contribution in [0.5, 0.6) is 11.5 Å². The van der Waals surface area contributed by atoms with E-state index < -0.39 is 17.5 Å². The number of carbonyl (C=O) groups is 3. The molecular weight excluding hydrogens is 434 g/mol. The van der Waals surface area contributed by atoms with Gasteiger partial charge >= 0.3 is 6.03 Å². The summed E-state index contributed by atoms with van der Waals surface area (Å²) < 4.78 is 11.2. The van der Waals surface area contributed by atoms with Crippen LogP contribution in [-0.4, -0.2) is 42.5 Å². The Bertz CT molecular complexity index is 1160. The second-order valence-corrected chi connectivity index (χ2v) is 9.33. The molecule has 3 aliphatic rings. The number of ether oxygens (including phenoxy) is 2. The fourth-order valence-electron chi connectivity index (χ4n) is 4.93. The summed E-state index contributed by atoms with van der Waals surface area (Å²) >= 11 is 0. The van der Waals surface area contributed by atoms with Crippen molar-refractivity contribution in [2.45, 2.75) is 51.1 Å². The van der Waals surface area contributed by atoms with Crippen LogP contribution < -0.4 is 20.1 Å². The van der Waals surface area contributed by atoms with Gasteiger partial charge in [0.1, 0.15) is 25.3 Å². The van der Waals surface area contributed by atoms with Crippen molar-refractivity contribution < 1.29 is 23.9 Å².